The van der Waals surface area contributed by atoms with Gasteiger partial charge in [0, 0.05) is 11.8 Å². The normalized spacial score (nSPS) is 34.0. The molecule has 3 heteroatoms. The summed E-state index contributed by atoms with van der Waals surface area (Å²) in [5.41, 5.74) is 4.70. The van der Waals surface area contributed by atoms with Gasteiger partial charge in [0.2, 0.25) is 11.8 Å². The average molecular weight is 319 g/mol. The molecular weight excluding hydrogens is 298 g/mol. The zero-order chi connectivity index (χ0) is 16.4. The molecule has 1 heterocycles. The van der Waals surface area contributed by atoms with Crippen LogP contribution in [0.15, 0.2) is 47.6 Å². The van der Waals surface area contributed by atoms with E-state index < -0.39 is 0 Å². The van der Waals surface area contributed by atoms with Crippen LogP contribution >= 0.6 is 0 Å². The van der Waals surface area contributed by atoms with Crippen molar-refractivity contribution in [3.05, 3.63) is 53.1 Å². The third-order valence-electron chi connectivity index (χ3n) is 6.39. The summed E-state index contributed by atoms with van der Waals surface area (Å²) in [6.45, 7) is 1.96. The highest BCUT2D eigenvalue weighted by Crippen LogP contribution is 2.58. The Bertz CT molecular complexity index is 777. The summed E-state index contributed by atoms with van der Waals surface area (Å²) < 4.78 is 0. The quantitative estimate of drug-likeness (QED) is 0.583. The number of benzene rings is 1. The molecular formula is C21H21NO2. The Balaban J connectivity index is 1.57. The number of imide groups is 1. The number of aryl methyl sites for hydroxylation is 1. The topological polar surface area (TPSA) is 37.4 Å². The number of amides is 2. The van der Waals surface area contributed by atoms with E-state index in [0.29, 0.717) is 0 Å². The minimum atomic E-state index is -0.171. The lowest BCUT2D eigenvalue weighted by Crippen LogP contribution is -2.33. The van der Waals surface area contributed by atoms with Crippen molar-refractivity contribution in [1.29, 1.82) is 0 Å². The summed E-state index contributed by atoms with van der Waals surface area (Å²) in [4.78, 5) is 27.8. The van der Waals surface area contributed by atoms with Gasteiger partial charge in [-0.05, 0) is 44.2 Å². The molecule has 0 radical (unpaired) electrons. The molecule has 3 aliphatic carbocycles. The fourth-order valence-corrected chi connectivity index (χ4v) is 5.38. The number of carbonyl (C=O) groups excluding carboxylic acids is 2. The van der Waals surface area contributed by atoms with Crippen LogP contribution in [0.3, 0.4) is 0 Å². The van der Waals surface area contributed by atoms with Crippen LogP contribution in [-0.4, -0.2) is 11.8 Å². The van der Waals surface area contributed by atoms with Crippen molar-refractivity contribution in [1.82, 2.24) is 0 Å². The molecule has 122 valence electrons. The van der Waals surface area contributed by atoms with Gasteiger partial charge in [0.15, 0.2) is 0 Å². The van der Waals surface area contributed by atoms with Crippen LogP contribution in [0.2, 0.25) is 0 Å². The maximum atomic E-state index is 13.1. The Morgan fingerprint density at radius 2 is 1.50 bits per heavy atom. The van der Waals surface area contributed by atoms with Crippen LogP contribution in [-0.2, 0) is 9.59 Å². The van der Waals surface area contributed by atoms with Gasteiger partial charge in [0.25, 0.3) is 0 Å². The molecule has 1 aliphatic heterocycles. The first-order chi connectivity index (χ1) is 11.7. The van der Waals surface area contributed by atoms with Gasteiger partial charge in [-0.1, -0.05) is 41.5 Å². The Kier molecular flexibility index (Phi) is 2.91. The third kappa shape index (κ3) is 1.68. The molecule has 2 amide bonds. The molecule has 0 N–H and O–H groups in total. The van der Waals surface area contributed by atoms with E-state index in [1.165, 1.54) is 28.9 Å². The highest BCUT2D eigenvalue weighted by atomic mass is 16.2. The Morgan fingerprint density at radius 3 is 2.08 bits per heavy atom. The summed E-state index contributed by atoms with van der Waals surface area (Å²) in [6, 6.07) is 7.69. The number of nitrogens with zero attached hydrogens (tertiary/aromatic N) is 1. The lowest BCUT2D eigenvalue weighted by Gasteiger charge is -2.21. The van der Waals surface area contributed by atoms with E-state index in [1.807, 2.05) is 31.2 Å². The molecule has 0 unspecified atom stereocenters. The molecule has 4 aliphatic rings. The Labute approximate surface area is 142 Å². The van der Waals surface area contributed by atoms with Gasteiger partial charge in [0.1, 0.15) is 0 Å². The minimum absolute atomic E-state index is 0.00671. The zero-order valence-corrected chi connectivity index (χ0v) is 13.9. The van der Waals surface area contributed by atoms with Crippen molar-refractivity contribution >= 4 is 17.5 Å². The summed E-state index contributed by atoms with van der Waals surface area (Å²) in [5, 5.41) is 0. The number of anilines is 1. The maximum Gasteiger partial charge on any atom is 0.238 e. The highest BCUT2D eigenvalue weighted by molar-refractivity contribution is 6.23. The average Bonchev–Trinajstić information content (AvgIpc) is 3.32. The van der Waals surface area contributed by atoms with Crippen molar-refractivity contribution < 1.29 is 9.59 Å². The molecule has 1 aromatic rings. The van der Waals surface area contributed by atoms with E-state index >= 15 is 0 Å². The summed E-state index contributed by atoms with van der Waals surface area (Å²) in [7, 11) is 0. The van der Waals surface area contributed by atoms with Crippen molar-refractivity contribution in [2.75, 3.05) is 4.90 Å². The highest BCUT2D eigenvalue weighted by Gasteiger charge is 2.62. The third-order valence-corrected chi connectivity index (χ3v) is 6.39. The van der Waals surface area contributed by atoms with Gasteiger partial charge in [-0.2, -0.15) is 0 Å². The van der Waals surface area contributed by atoms with E-state index in [2.05, 4.69) is 12.2 Å². The number of hydrogen-bond acceptors (Lipinski definition) is 2. The zero-order valence-electron chi connectivity index (χ0n) is 13.9. The fourth-order valence-electron chi connectivity index (χ4n) is 5.38. The SMILES string of the molecule is Cc1ccccc1N1C(=O)[C@H]2[C@H](C1=O)[C@H]1C=C[C@H]2C1=C1CCCC1. The Hall–Kier alpha value is -2.16. The van der Waals surface area contributed by atoms with Gasteiger partial charge in [0.05, 0.1) is 17.5 Å². The lowest BCUT2D eigenvalue weighted by atomic mass is 9.85. The lowest BCUT2D eigenvalue weighted by molar-refractivity contribution is -0.122. The summed E-state index contributed by atoms with van der Waals surface area (Å²) >= 11 is 0. The van der Waals surface area contributed by atoms with Crippen molar-refractivity contribution in [2.24, 2.45) is 23.7 Å². The molecule has 0 aromatic heterocycles. The summed E-state index contributed by atoms with van der Waals surface area (Å²) in [6.07, 6.45) is 9.22. The molecule has 5 rings (SSSR count). The largest absolute Gasteiger partial charge is 0.274 e. The van der Waals surface area contributed by atoms with E-state index in [1.54, 1.807) is 0 Å². The van der Waals surface area contributed by atoms with Gasteiger partial charge >= 0.3 is 0 Å². The van der Waals surface area contributed by atoms with Gasteiger partial charge in [-0.15, -0.1) is 0 Å². The molecule has 0 spiro atoms. The molecule has 3 fully saturated rings. The molecule has 4 atom stereocenters. The van der Waals surface area contributed by atoms with Crippen molar-refractivity contribution in [3.63, 3.8) is 0 Å². The minimum Gasteiger partial charge on any atom is -0.274 e. The first-order valence-corrected chi connectivity index (χ1v) is 9.02. The van der Waals surface area contributed by atoms with Gasteiger partial charge < -0.3 is 0 Å². The molecule has 2 bridgehead atoms. The number of hydrogen-bond donors (Lipinski definition) is 0. The smallest absolute Gasteiger partial charge is 0.238 e. The van der Waals surface area contributed by atoms with Crippen LogP contribution < -0.4 is 4.90 Å². The molecule has 1 saturated heterocycles. The van der Waals surface area contributed by atoms with E-state index in [0.717, 1.165) is 24.1 Å². The monoisotopic (exact) mass is 319 g/mol. The van der Waals surface area contributed by atoms with E-state index in [4.69, 9.17) is 0 Å². The molecule has 1 aromatic carbocycles. The van der Waals surface area contributed by atoms with Gasteiger partial charge in [-0.25, -0.2) is 4.90 Å². The van der Waals surface area contributed by atoms with Gasteiger partial charge in [-0.3, -0.25) is 9.59 Å². The fraction of sp³-hybridized carbons (Fsp3) is 0.429. The number of allylic oxidation sites excluding steroid dienone is 4. The van der Waals surface area contributed by atoms with Crippen LogP contribution in [0, 0.1) is 30.6 Å². The number of para-hydroxylation sites is 1. The first-order valence-electron chi connectivity index (χ1n) is 9.02. The van der Waals surface area contributed by atoms with Crippen molar-refractivity contribution in [3.8, 4) is 0 Å². The molecule has 2 saturated carbocycles. The molecule has 24 heavy (non-hydrogen) atoms. The second-order valence-electron chi connectivity index (χ2n) is 7.55. The van der Waals surface area contributed by atoms with E-state index in [9.17, 15) is 9.59 Å². The standard InChI is InChI=1S/C21H21NO2/c1-12-6-2-5-9-16(12)22-20(23)18-14-10-11-15(19(18)21(22)24)17(14)13-7-3-4-8-13/h2,5-6,9-11,14-15,18-19H,3-4,7-8H2,1H3/t14-,15-,18+,19+/m0/s1. The van der Waals surface area contributed by atoms with Crippen LogP contribution in [0.4, 0.5) is 5.69 Å². The van der Waals surface area contributed by atoms with Crippen molar-refractivity contribution in [2.45, 2.75) is 32.6 Å². The van der Waals surface area contributed by atoms with Crippen LogP contribution in [0.25, 0.3) is 0 Å². The van der Waals surface area contributed by atoms with Crippen LogP contribution in [0.5, 0.6) is 0 Å². The number of rotatable bonds is 1. The molecule has 3 nitrogen and oxygen atoms in total. The second kappa shape index (κ2) is 4.92. The number of carbonyl (C=O) groups is 2. The maximum absolute atomic E-state index is 13.1. The number of fused-ring (bicyclic) bond motifs is 5. The first kappa shape index (κ1) is 14.2. The summed E-state index contributed by atoms with van der Waals surface area (Å²) in [5.74, 6) is 0.00189. The van der Waals surface area contributed by atoms with E-state index in [-0.39, 0.29) is 35.5 Å². The Morgan fingerprint density at radius 1 is 0.917 bits per heavy atom. The van der Waals surface area contributed by atoms with Crippen LogP contribution in [0.1, 0.15) is 31.2 Å². The second-order valence-corrected chi connectivity index (χ2v) is 7.55. The predicted octanol–water partition coefficient (Wildman–Crippen LogP) is 3.79. The predicted molar refractivity (Wildman–Crippen MR) is 92.3 cm³/mol.